The molecule has 0 bridgehead atoms. The highest BCUT2D eigenvalue weighted by Crippen LogP contribution is 2.39. The number of pyridine rings is 1. The molecule has 0 spiro atoms. The summed E-state index contributed by atoms with van der Waals surface area (Å²) >= 11 is 1.61. The van der Waals surface area contributed by atoms with Crippen LogP contribution in [0.5, 0.6) is 0 Å². The number of aliphatic hydroxyl groups excluding tert-OH is 1. The predicted octanol–water partition coefficient (Wildman–Crippen LogP) is 8.40. The van der Waals surface area contributed by atoms with Gasteiger partial charge < -0.3 is 30.2 Å². The summed E-state index contributed by atoms with van der Waals surface area (Å²) in [7, 11) is -4.27. The van der Waals surface area contributed by atoms with Crippen molar-refractivity contribution >= 4 is 55.8 Å². The van der Waals surface area contributed by atoms with Crippen LogP contribution in [0.15, 0.2) is 90.8 Å². The van der Waals surface area contributed by atoms with Crippen LogP contribution in [-0.2, 0) is 19.8 Å². The topological polar surface area (TPSA) is 199 Å². The number of rotatable bonds is 15. The summed E-state index contributed by atoms with van der Waals surface area (Å²) in [6.45, 7) is 13.9. The summed E-state index contributed by atoms with van der Waals surface area (Å²) in [6.07, 6.45) is 5.18. The Morgan fingerprint density at radius 2 is 1.57 bits per heavy atom. The first-order valence-electron chi connectivity index (χ1n) is 27.4. The SMILES string of the molecule is Cc1ncsc1-c1ccc(-c2cnc([C@@H]3C[C@@H](O)CN3C(=O)[C@@H](NC(=O)CN3CCC(CN4CCN(c5ccc(-c6cnc7[nH]cc(-c8c(F)ccc(NS(=O)(=O)N9CC[C@@H](F)C9)c8F)c7c6)cc5)CC4)CC3)C(C)(C)C)[nH]2)cc1. The third-order valence-electron chi connectivity index (χ3n) is 16.2. The van der Waals surface area contributed by atoms with Crippen molar-refractivity contribution in [3.8, 4) is 44.0 Å². The molecule has 0 radical (unpaired) electrons. The number of carbonyl (C=O) groups is 2. The number of amides is 2. The molecular formula is C58H67F3N12O5S2. The van der Waals surface area contributed by atoms with E-state index in [9.17, 15) is 27.5 Å². The zero-order valence-corrected chi connectivity index (χ0v) is 46.9. The molecule has 4 aliphatic heterocycles. The summed E-state index contributed by atoms with van der Waals surface area (Å²) in [5.41, 5.74) is 7.48. The molecule has 4 aliphatic rings. The van der Waals surface area contributed by atoms with Crippen molar-refractivity contribution in [3.05, 3.63) is 114 Å². The van der Waals surface area contributed by atoms with Gasteiger partial charge in [0.25, 0.3) is 0 Å². The third-order valence-corrected chi connectivity index (χ3v) is 18.7. The van der Waals surface area contributed by atoms with Crippen molar-refractivity contribution in [2.75, 3.05) is 81.6 Å². The molecule has 17 nitrogen and oxygen atoms in total. The minimum absolute atomic E-state index is 0.0414. The number of nitrogens with zero attached hydrogens (tertiary/aromatic N) is 8. The van der Waals surface area contributed by atoms with E-state index in [1.54, 1.807) is 34.7 Å². The van der Waals surface area contributed by atoms with Gasteiger partial charge in [0.05, 0.1) is 57.9 Å². The fraction of sp³-hybridized carbons (Fsp3) is 0.431. The molecule has 0 aliphatic carbocycles. The van der Waals surface area contributed by atoms with Crippen LogP contribution < -0.4 is 14.9 Å². The van der Waals surface area contributed by atoms with E-state index < -0.39 is 62.9 Å². The largest absolute Gasteiger partial charge is 0.391 e. The number of aryl methyl sites for hydroxylation is 1. The summed E-state index contributed by atoms with van der Waals surface area (Å²) in [4.78, 5) is 58.1. The highest BCUT2D eigenvalue weighted by atomic mass is 32.2. The van der Waals surface area contributed by atoms with Crippen LogP contribution in [0.1, 0.15) is 64.0 Å². The fourth-order valence-corrected chi connectivity index (χ4v) is 13.8. The number of piperazine rings is 1. The number of aromatic nitrogens is 5. The van der Waals surface area contributed by atoms with Gasteiger partial charge >= 0.3 is 10.2 Å². The number of imidazole rings is 1. The van der Waals surface area contributed by atoms with E-state index in [2.05, 4.69) is 73.9 Å². The second kappa shape index (κ2) is 22.7. The number of benzene rings is 3. The van der Waals surface area contributed by atoms with Crippen molar-refractivity contribution in [1.82, 2.24) is 49.2 Å². The lowest BCUT2D eigenvalue weighted by Gasteiger charge is -2.40. The Balaban J connectivity index is 0.649. The Hall–Kier alpha value is -6.69. The number of carbonyl (C=O) groups excluding carboxylic acids is 2. The molecule has 4 aromatic heterocycles. The van der Waals surface area contributed by atoms with E-state index in [1.165, 1.54) is 6.20 Å². The lowest BCUT2D eigenvalue weighted by Crippen LogP contribution is -2.56. The van der Waals surface area contributed by atoms with Crippen molar-refractivity contribution < 1.29 is 36.3 Å². The molecule has 80 heavy (non-hydrogen) atoms. The minimum Gasteiger partial charge on any atom is -0.391 e. The van der Waals surface area contributed by atoms with Crippen LogP contribution in [0.4, 0.5) is 24.5 Å². The van der Waals surface area contributed by atoms with Crippen molar-refractivity contribution in [3.63, 3.8) is 0 Å². The number of likely N-dealkylation sites (tertiary alicyclic amines) is 2. The Morgan fingerprint density at radius 1 is 0.850 bits per heavy atom. The maximum absolute atomic E-state index is 16.0. The van der Waals surface area contributed by atoms with Gasteiger partial charge in [-0.15, -0.1) is 11.3 Å². The first-order valence-corrected chi connectivity index (χ1v) is 29.7. The molecule has 7 aromatic rings. The molecule has 4 atom stereocenters. The van der Waals surface area contributed by atoms with E-state index in [-0.39, 0.29) is 50.0 Å². The van der Waals surface area contributed by atoms with Gasteiger partial charge in [0.1, 0.15) is 29.5 Å². The van der Waals surface area contributed by atoms with Gasteiger partial charge in [-0.05, 0) is 97.6 Å². The average molecular weight is 1130 g/mol. The molecule has 4 fully saturated rings. The highest BCUT2D eigenvalue weighted by molar-refractivity contribution is 7.90. The number of H-pyrrole nitrogens is 2. The maximum atomic E-state index is 16.0. The number of piperidine rings is 1. The van der Waals surface area contributed by atoms with Crippen LogP contribution in [0.25, 0.3) is 55.0 Å². The minimum atomic E-state index is -4.27. The van der Waals surface area contributed by atoms with Gasteiger partial charge in [0.2, 0.25) is 11.8 Å². The summed E-state index contributed by atoms with van der Waals surface area (Å²) in [6, 6.07) is 18.9. The van der Waals surface area contributed by atoms with E-state index in [1.807, 2.05) is 57.5 Å². The Labute approximate surface area is 467 Å². The number of aromatic amines is 2. The normalized spacial score (nSPS) is 20.5. The molecule has 3 aromatic carbocycles. The van der Waals surface area contributed by atoms with Crippen LogP contribution in [0, 0.1) is 29.9 Å². The molecule has 8 heterocycles. The first-order chi connectivity index (χ1) is 38.3. The number of halogens is 3. The second-order valence-corrected chi connectivity index (χ2v) is 25.3. The molecule has 0 unspecified atom stereocenters. The molecule has 5 N–H and O–H groups in total. The van der Waals surface area contributed by atoms with E-state index in [0.29, 0.717) is 29.2 Å². The van der Waals surface area contributed by atoms with Gasteiger partial charge in [-0.3, -0.25) is 24.1 Å². The monoisotopic (exact) mass is 1130 g/mol. The Bertz CT molecular complexity index is 3480. The van der Waals surface area contributed by atoms with Crippen LogP contribution in [0.2, 0.25) is 0 Å². The van der Waals surface area contributed by atoms with Crippen molar-refractivity contribution in [2.24, 2.45) is 11.3 Å². The van der Waals surface area contributed by atoms with E-state index in [4.69, 9.17) is 0 Å². The molecule has 4 saturated heterocycles. The summed E-state index contributed by atoms with van der Waals surface area (Å²) in [5, 5.41) is 14.4. The average Bonchev–Trinajstić information content (AvgIpc) is 4.39. The molecule has 22 heteroatoms. The maximum Gasteiger partial charge on any atom is 0.301 e. The van der Waals surface area contributed by atoms with E-state index >= 15 is 8.78 Å². The molecule has 0 saturated carbocycles. The van der Waals surface area contributed by atoms with Gasteiger partial charge in [-0.25, -0.2) is 28.1 Å². The number of fused-ring (bicyclic) bond motifs is 1. The fourth-order valence-electron chi connectivity index (χ4n) is 11.7. The number of nitrogens with one attached hydrogen (secondary N) is 4. The number of thiazole rings is 1. The number of β-amino-alcohol motifs (C(OH)–C–C–N with tert-alkyl or cyclic N) is 1. The summed E-state index contributed by atoms with van der Waals surface area (Å²) < 4.78 is 74.2. The lowest BCUT2D eigenvalue weighted by atomic mass is 9.85. The smallest absolute Gasteiger partial charge is 0.301 e. The van der Waals surface area contributed by atoms with Gasteiger partial charge in [-0.1, -0.05) is 57.2 Å². The third kappa shape index (κ3) is 11.7. The first kappa shape index (κ1) is 55.2. The van der Waals surface area contributed by atoms with Gasteiger partial charge in [-0.2, -0.15) is 12.7 Å². The molecule has 422 valence electrons. The highest BCUT2D eigenvalue weighted by Gasteiger charge is 2.44. The predicted molar refractivity (Wildman–Crippen MR) is 305 cm³/mol. The number of hydrogen-bond acceptors (Lipinski definition) is 12. The summed E-state index contributed by atoms with van der Waals surface area (Å²) in [5.74, 6) is -1.32. The standard InChI is InChI=1S/C58H67F3N12O5S2/c1-35-53(79-34-65-35)39-7-5-38(6-8-39)48-29-64-56(66-48)49-26-43(74)32-73(49)57(76)54(58(2,3)4)67-50(75)33-69-18-15-36(16-19-69)30-70-21-23-71(24-22-70)42-11-9-37(10-12-42)40-25-44-45(28-63-55(44)62-27-40)51-46(60)13-14-47(52(51)61)68-80(77,78)72-20-17-41(59)31-72/h5-14,25,27-29,34,36,41,43,49,54,68,74H,15-24,26,30-33H2,1-4H3,(H,62,63)(H,64,66)(H,67,75)/t41-,43-,49+,54-/m1/s1. The zero-order valence-electron chi connectivity index (χ0n) is 45.3. The zero-order chi connectivity index (χ0) is 56.0. The quantitative estimate of drug-likeness (QED) is 0.0661. The lowest BCUT2D eigenvalue weighted by molar-refractivity contribution is -0.141. The van der Waals surface area contributed by atoms with Crippen LogP contribution in [-0.4, -0.2) is 160 Å². The molecule has 11 rings (SSSR count). The molecular weight excluding hydrogens is 1070 g/mol. The Kier molecular flexibility index (Phi) is 15.7. The van der Waals surface area contributed by atoms with Gasteiger partial charge in [0.15, 0.2) is 5.82 Å². The number of aliphatic hydroxyl groups is 1. The van der Waals surface area contributed by atoms with Gasteiger partial charge in [0, 0.05) is 93.4 Å². The van der Waals surface area contributed by atoms with Crippen molar-refractivity contribution in [1.29, 1.82) is 0 Å². The van der Waals surface area contributed by atoms with Crippen LogP contribution in [0.3, 0.4) is 0 Å². The number of alkyl halides is 1. The number of anilines is 2. The van der Waals surface area contributed by atoms with Crippen LogP contribution >= 0.6 is 11.3 Å². The van der Waals surface area contributed by atoms with Crippen molar-refractivity contribution in [2.45, 2.75) is 77.7 Å². The number of hydrogen-bond donors (Lipinski definition) is 5. The Morgan fingerprint density at radius 3 is 2.26 bits per heavy atom. The second-order valence-electron chi connectivity index (χ2n) is 22.8. The molecule has 2 amide bonds. The van der Waals surface area contributed by atoms with E-state index in [0.717, 1.165) is 119 Å².